The van der Waals surface area contributed by atoms with Gasteiger partial charge >= 0.3 is 0 Å². The molecule has 1 fully saturated rings. The molecule has 8 nitrogen and oxygen atoms in total. The normalized spacial score (nSPS) is 14.4. The van der Waals surface area contributed by atoms with Crippen molar-refractivity contribution in [1.82, 2.24) is 24.5 Å². The summed E-state index contributed by atoms with van der Waals surface area (Å²) in [4.78, 5) is 19.4. The summed E-state index contributed by atoms with van der Waals surface area (Å²) in [5.41, 5.74) is 1.70. The summed E-state index contributed by atoms with van der Waals surface area (Å²) >= 11 is 0. The number of benzene rings is 1. The van der Waals surface area contributed by atoms with Gasteiger partial charge in [-0.25, -0.2) is 13.8 Å². The van der Waals surface area contributed by atoms with Gasteiger partial charge in [-0.15, -0.1) is 0 Å². The number of hydrogen-bond donors (Lipinski definition) is 1. The zero-order chi connectivity index (χ0) is 21.2. The van der Waals surface area contributed by atoms with Gasteiger partial charge < -0.3 is 15.0 Å². The van der Waals surface area contributed by atoms with Gasteiger partial charge in [-0.1, -0.05) is 12.1 Å². The van der Waals surface area contributed by atoms with E-state index in [4.69, 9.17) is 4.74 Å². The number of fused-ring (bicyclic) bond motifs is 1. The number of imidazole rings is 1. The Balaban J connectivity index is 1.66. The van der Waals surface area contributed by atoms with E-state index in [0.29, 0.717) is 49.0 Å². The average Bonchev–Trinajstić information content (AvgIpc) is 3.20. The number of pyridine rings is 1. The molecule has 0 amide bonds. The molecule has 31 heavy (non-hydrogen) atoms. The Kier molecular flexibility index (Phi) is 5.13. The van der Waals surface area contributed by atoms with Crippen molar-refractivity contribution in [3.05, 3.63) is 60.7 Å². The van der Waals surface area contributed by atoms with E-state index in [9.17, 15) is 8.78 Å². The highest BCUT2D eigenvalue weighted by Gasteiger charge is 2.23. The maximum absolute atomic E-state index is 13.9. The molecular weight excluding hydrogens is 404 g/mol. The van der Waals surface area contributed by atoms with Gasteiger partial charge in [0.05, 0.1) is 36.1 Å². The number of hydrogen-bond acceptors (Lipinski definition) is 7. The molecule has 1 saturated heterocycles. The van der Waals surface area contributed by atoms with Gasteiger partial charge in [0.15, 0.2) is 5.82 Å². The highest BCUT2D eigenvalue weighted by Crippen LogP contribution is 2.29. The van der Waals surface area contributed by atoms with Gasteiger partial charge in [0.2, 0.25) is 5.95 Å². The molecule has 1 N–H and O–H groups in total. The monoisotopic (exact) mass is 423 g/mol. The van der Waals surface area contributed by atoms with E-state index in [2.05, 4.69) is 25.3 Å². The molecule has 0 spiro atoms. The van der Waals surface area contributed by atoms with E-state index in [0.717, 1.165) is 5.69 Å². The van der Waals surface area contributed by atoms with Crippen LogP contribution in [0.2, 0.25) is 0 Å². The van der Waals surface area contributed by atoms with Crippen LogP contribution >= 0.6 is 0 Å². The summed E-state index contributed by atoms with van der Waals surface area (Å²) in [5, 5.41) is 3.19. The van der Waals surface area contributed by atoms with Crippen molar-refractivity contribution in [2.24, 2.45) is 0 Å². The minimum Gasteiger partial charge on any atom is -0.378 e. The first-order valence-corrected chi connectivity index (χ1v) is 9.84. The Morgan fingerprint density at radius 1 is 1.00 bits per heavy atom. The van der Waals surface area contributed by atoms with Crippen LogP contribution in [0, 0.1) is 0 Å². The van der Waals surface area contributed by atoms with Crippen LogP contribution < -0.4 is 10.2 Å². The first-order valence-electron chi connectivity index (χ1n) is 9.84. The smallest absolute Gasteiger partial charge is 0.296 e. The topological polar surface area (TPSA) is 81.0 Å². The molecule has 158 valence electrons. The lowest BCUT2D eigenvalue weighted by atomic mass is 10.3. The Bertz CT molecular complexity index is 1190. The quantitative estimate of drug-likeness (QED) is 0.524. The average molecular weight is 423 g/mol. The zero-order valence-electron chi connectivity index (χ0n) is 16.4. The van der Waals surface area contributed by atoms with E-state index in [1.165, 1.54) is 4.57 Å². The number of nitrogens with one attached hydrogen (secondary N) is 1. The first kappa shape index (κ1) is 19.3. The van der Waals surface area contributed by atoms with Crippen LogP contribution in [0.4, 0.5) is 26.1 Å². The fourth-order valence-electron chi connectivity index (χ4n) is 3.53. The molecule has 0 bridgehead atoms. The lowest BCUT2D eigenvalue weighted by Gasteiger charge is -2.28. The Labute approximate surface area is 176 Å². The van der Waals surface area contributed by atoms with Crippen molar-refractivity contribution < 1.29 is 13.5 Å². The molecule has 1 aliphatic heterocycles. The molecule has 1 aromatic carbocycles. The maximum atomic E-state index is 13.9. The second-order valence-electron chi connectivity index (χ2n) is 6.97. The number of morpholine rings is 1. The highest BCUT2D eigenvalue weighted by atomic mass is 19.3. The van der Waals surface area contributed by atoms with Gasteiger partial charge in [0.1, 0.15) is 11.6 Å². The molecule has 4 aromatic rings. The molecule has 0 atom stereocenters. The lowest BCUT2D eigenvalue weighted by molar-refractivity contribution is 0.122. The number of nitrogens with zero attached hydrogens (tertiary/aromatic N) is 6. The SMILES string of the molecule is FC(F)c1nc2ccccc2n1-c1nc(Nc2cccnc2)cc(N2CCOCC2)n1. The molecule has 0 saturated carbocycles. The first-order chi connectivity index (χ1) is 15.2. The molecular formula is C21H19F2N7O. The number of alkyl halides is 2. The maximum Gasteiger partial charge on any atom is 0.296 e. The molecule has 10 heteroatoms. The molecule has 3 aromatic heterocycles. The Morgan fingerprint density at radius 2 is 1.84 bits per heavy atom. The molecule has 4 heterocycles. The van der Waals surface area contributed by atoms with Crippen molar-refractivity contribution in [2.45, 2.75) is 6.43 Å². The van der Waals surface area contributed by atoms with Crippen LogP contribution in [-0.4, -0.2) is 50.8 Å². The van der Waals surface area contributed by atoms with Crippen molar-refractivity contribution in [2.75, 3.05) is 36.5 Å². The van der Waals surface area contributed by atoms with Gasteiger partial charge in [0, 0.05) is 25.4 Å². The minimum atomic E-state index is -2.78. The number of para-hydroxylation sites is 2. The van der Waals surface area contributed by atoms with E-state index >= 15 is 0 Å². The summed E-state index contributed by atoms with van der Waals surface area (Å²) < 4.78 is 34.5. The fraction of sp³-hybridized carbons (Fsp3) is 0.238. The third-order valence-corrected chi connectivity index (χ3v) is 4.95. The summed E-state index contributed by atoms with van der Waals surface area (Å²) in [6.07, 6.45) is 0.549. The van der Waals surface area contributed by atoms with Gasteiger partial charge in [-0.05, 0) is 24.3 Å². The van der Waals surface area contributed by atoms with Crippen molar-refractivity contribution in [1.29, 1.82) is 0 Å². The number of aromatic nitrogens is 5. The Hall–Kier alpha value is -3.66. The molecule has 0 radical (unpaired) electrons. The number of halogens is 2. The van der Waals surface area contributed by atoms with Crippen molar-refractivity contribution >= 4 is 28.4 Å². The number of anilines is 3. The molecule has 1 aliphatic rings. The standard InChI is InChI=1S/C21H19F2N7O/c22-19(23)20-26-15-5-1-2-6-16(15)30(20)21-27-17(25-14-4-3-7-24-13-14)12-18(28-21)29-8-10-31-11-9-29/h1-7,12-13,19H,8-11H2,(H,25,27,28). The summed E-state index contributed by atoms with van der Waals surface area (Å²) in [6.45, 7) is 2.44. The summed E-state index contributed by atoms with van der Waals surface area (Å²) in [6, 6.07) is 12.4. The lowest BCUT2D eigenvalue weighted by Crippen LogP contribution is -2.37. The van der Waals surface area contributed by atoms with Crippen molar-refractivity contribution in [3.63, 3.8) is 0 Å². The van der Waals surface area contributed by atoms with Crippen molar-refractivity contribution in [3.8, 4) is 5.95 Å². The van der Waals surface area contributed by atoms with Gasteiger partial charge in [-0.3, -0.25) is 9.55 Å². The molecule has 5 rings (SSSR count). The molecule has 0 unspecified atom stereocenters. The third-order valence-electron chi connectivity index (χ3n) is 4.95. The van der Waals surface area contributed by atoms with Crippen LogP contribution in [0.25, 0.3) is 17.0 Å². The second kappa shape index (κ2) is 8.23. The van der Waals surface area contributed by atoms with Crippen LogP contribution in [0.5, 0.6) is 0 Å². The van der Waals surface area contributed by atoms with Gasteiger partial charge in [0.25, 0.3) is 6.43 Å². The van der Waals surface area contributed by atoms with Crippen LogP contribution in [0.3, 0.4) is 0 Å². The van der Waals surface area contributed by atoms with E-state index in [1.807, 2.05) is 11.0 Å². The largest absolute Gasteiger partial charge is 0.378 e. The number of ether oxygens (including phenoxy) is 1. The van der Waals surface area contributed by atoms with E-state index in [1.54, 1.807) is 48.8 Å². The Morgan fingerprint density at radius 3 is 2.61 bits per heavy atom. The van der Waals surface area contributed by atoms with Crippen LogP contribution in [0.15, 0.2) is 54.9 Å². The van der Waals surface area contributed by atoms with Crippen LogP contribution in [-0.2, 0) is 4.74 Å². The van der Waals surface area contributed by atoms with E-state index in [-0.39, 0.29) is 5.95 Å². The predicted octanol–water partition coefficient (Wildman–Crippen LogP) is 3.73. The summed E-state index contributed by atoms with van der Waals surface area (Å²) in [7, 11) is 0. The zero-order valence-corrected chi connectivity index (χ0v) is 16.4. The third kappa shape index (κ3) is 3.89. The van der Waals surface area contributed by atoms with Gasteiger partial charge in [-0.2, -0.15) is 9.97 Å². The highest BCUT2D eigenvalue weighted by molar-refractivity contribution is 5.78. The number of rotatable bonds is 5. The fourth-order valence-corrected chi connectivity index (χ4v) is 3.53. The molecule has 0 aliphatic carbocycles. The van der Waals surface area contributed by atoms with Crippen LogP contribution in [0.1, 0.15) is 12.2 Å². The second-order valence-corrected chi connectivity index (χ2v) is 6.97. The minimum absolute atomic E-state index is 0.124. The predicted molar refractivity (Wildman–Crippen MR) is 112 cm³/mol. The summed E-state index contributed by atoms with van der Waals surface area (Å²) in [5.74, 6) is 0.821. The van der Waals surface area contributed by atoms with E-state index < -0.39 is 12.2 Å².